The molecular weight excluding hydrogens is 655 g/mol. The molecule has 0 bridgehead atoms. The lowest BCUT2D eigenvalue weighted by molar-refractivity contribution is 0.668. The number of thiophene rings is 1. The van der Waals surface area contributed by atoms with E-state index < -0.39 is 0 Å². The lowest BCUT2D eigenvalue weighted by atomic mass is 9.88. The zero-order valence-corrected chi connectivity index (χ0v) is 28.8. The normalized spacial score (nSPS) is 14.2. The first-order valence-electron chi connectivity index (χ1n) is 17.6. The molecule has 0 fully saturated rings. The van der Waals surface area contributed by atoms with Gasteiger partial charge in [0.25, 0.3) is 0 Å². The smallest absolute Gasteiger partial charge is 0.164 e. The fraction of sp³-hybridized carbons (Fsp3) is 0.0426. The molecule has 7 aromatic carbocycles. The largest absolute Gasteiger partial charge is 0.456 e. The second kappa shape index (κ2) is 11.6. The Morgan fingerprint density at radius 1 is 0.519 bits per heavy atom. The number of nitrogens with zero attached hydrogens (tertiary/aromatic N) is 3. The predicted molar refractivity (Wildman–Crippen MR) is 216 cm³/mol. The number of fused-ring (bicyclic) bond motifs is 8. The van der Waals surface area contributed by atoms with Crippen molar-refractivity contribution in [1.82, 2.24) is 15.0 Å². The third-order valence-electron chi connectivity index (χ3n) is 10.4. The van der Waals surface area contributed by atoms with Gasteiger partial charge in [-0.2, -0.15) is 0 Å². The van der Waals surface area contributed by atoms with Crippen LogP contribution in [0, 0.1) is 0 Å². The first kappa shape index (κ1) is 29.3. The van der Waals surface area contributed by atoms with Crippen molar-refractivity contribution in [3.8, 4) is 34.2 Å². The summed E-state index contributed by atoms with van der Waals surface area (Å²) >= 11 is 1.80. The molecule has 0 spiro atoms. The number of aromatic nitrogens is 3. The van der Waals surface area contributed by atoms with Gasteiger partial charge in [0.15, 0.2) is 17.5 Å². The van der Waals surface area contributed by atoms with Gasteiger partial charge in [-0.3, -0.25) is 0 Å². The van der Waals surface area contributed by atoms with Gasteiger partial charge in [0.05, 0.1) is 0 Å². The molecule has 0 radical (unpaired) electrons. The average Bonchev–Trinajstić information content (AvgIpc) is 3.78. The molecule has 3 aromatic heterocycles. The highest BCUT2D eigenvalue weighted by molar-refractivity contribution is 7.25. The summed E-state index contributed by atoms with van der Waals surface area (Å²) in [6.45, 7) is 0. The number of hydrogen-bond acceptors (Lipinski definition) is 5. The lowest BCUT2D eigenvalue weighted by Crippen LogP contribution is -2.27. The second-order valence-corrected chi connectivity index (χ2v) is 14.6. The van der Waals surface area contributed by atoms with E-state index in [2.05, 4.69) is 146 Å². The van der Waals surface area contributed by atoms with Crippen molar-refractivity contribution < 1.29 is 4.42 Å². The van der Waals surface area contributed by atoms with Crippen LogP contribution in [0.4, 0.5) is 0 Å². The van der Waals surface area contributed by atoms with E-state index in [1.807, 2.05) is 12.1 Å². The Bertz CT molecular complexity index is 3190. The zero-order valence-electron chi connectivity index (χ0n) is 28.0. The molecule has 0 amide bonds. The van der Waals surface area contributed by atoms with Crippen molar-refractivity contribution in [2.24, 2.45) is 0 Å². The van der Waals surface area contributed by atoms with Crippen LogP contribution >= 0.6 is 11.3 Å². The summed E-state index contributed by atoms with van der Waals surface area (Å²) in [5.74, 6) is 2.10. The molecule has 1 aliphatic rings. The second-order valence-electron chi connectivity index (χ2n) is 13.5. The Balaban J connectivity index is 1.21. The Hall–Kier alpha value is -6.43. The SMILES string of the molecule is C1=c2ccccc2=CC(c2cc(-c3nc(-c4ccc5ccccc5c4)nc(-c4cccc5sc6ccccc6c45)n3)c3c(c2)oc2ccccc23)C1. The number of para-hydroxylation sites is 1. The number of rotatable bonds is 4. The maximum absolute atomic E-state index is 6.60. The van der Waals surface area contributed by atoms with E-state index in [1.165, 1.54) is 41.6 Å². The molecule has 1 aliphatic carbocycles. The van der Waals surface area contributed by atoms with E-state index in [9.17, 15) is 0 Å². The molecule has 4 nitrogen and oxygen atoms in total. The van der Waals surface area contributed by atoms with Crippen molar-refractivity contribution in [2.75, 3.05) is 0 Å². The van der Waals surface area contributed by atoms with E-state index in [-0.39, 0.29) is 5.92 Å². The molecule has 11 rings (SSSR count). The topological polar surface area (TPSA) is 51.8 Å². The van der Waals surface area contributed by atoms with Crippen LogP contribution in [0.25, 0.3) is 99.2 Å². The fourth-order valence-electron chi connectivity index (χ4n) is 7.92. The number of furan rings is 1. The predicted octanol–water partition coefficient (Wildman–Crippen LogP) is 11.0. The molecule has 0 N–H and O–H groups in total. The maximum Gasteiger partial charge on any atom is 0.164 e. The van der Waals surface area contributed by atoms with Gasteiger partial charge in [0, 0.05) is 53.6 Å². The summed E-state index contributed by atoms with van der Waals surface area (Å²) in [7, 11) is 0. The van der Waals surface area contributed by atoms with Gasteiger partial charge in [-0.15, -0.1) is 11.3 Å². The summed E-state index contributed by atoms with van der Waals surface area (Å²) in [5.41, 5.74) is 5.74. The standard InChI is InChI=1S/C47H29N3OS/c1-3-12-30-24-32(22-20-28(30)10-1)34-26-38(43-35-14-5-7-17-39(35)51-40(43)27-34)47-49-45(33-23-21-29-11-2-4-13-31(29)25-33)48-46(50-47)37-16-9-19-42-44(37)36-15-6-8-18-41(36)52-42/h1-21,23-27,32H,22H2. The summed E-state index contributed by atoms with van der Waals surface area (Å²) in [6.07, 6.45) is 5.62. The molecule has 1 unspecified atom stereocenters. The lowest BCUT2D eigenvalue weighted by Gasteiger charge is -2.17. The Labute approximate surface area is 302 Å². The van der Waals surface area contributed by atoms with E-state index >= 15 is 0 Å². The molecule has 0 saturated heterocycles. The van der Waals surface area contributed by atoms with Crippen molar-refractivity contribution >= 4 is 76.4 Å². The van der Waals surface area contributed by atoms with Crippen molar-refractivity contribution in [3.63, 3.8) is 0 Å². The third-order valence-corrected chi connectivity index (χ3v) is 11.6. The fourth-order valence-corrected chi connectivity index (χ4v) is 9.05. The summed E-state index contributed by atoms with van der Waals surface area (Å²) in [6, 6.07) is 51.3. The van der Waals surface area contributed by atoms with Crippen LogP contribution in [0.1, 0.15) is 17.9 Å². The molecule has 1 atom stereocenters. The van der Waals surface area contributed by atoms with Crippen LogP contribution in [-0.2, 0) is 0 Å². The van der Waals surface area contributed by atoms with Crippen LogP contribution in [0.15, 0.2) is 150 Å². The van der Waals surface area contributed by atoms with Crippen molar-refractivity contribution in [1.29, 1.82) is 0 Å². The average molecular weight is 684 g/mol. The van der Waals surface area contributed by atoms with Gasteiger partial charge < -0.3 is 4.42 Å². The van der Waals surface area contributed by atoms with Crippen LogP contribution in [0.5, 0.6) is 0 Å². The minimum absolute atomic E-state index is 0.179. The molecule has 244 valence electrons. The highest BCUT2D eigenvalue weighted by atomic mass is 32.1. The molecule has 10 aromatic rings. The van der Waals surface area contributed by atoms with Gasteiger partial charge in [-0.1, -0.05) is 121 Å². The Kier molecular flexibility index (Phi) is 6.51. The summed E-state index contributed by atoms with van der Waals surface area (Å²) < 4.78 is 9.05. The van der Waals surface area contributed by atoms with Gasteiger partial charge in [0.1, 0.15) is 11.2 Å². The first-order valence-corrected chi connectivity index (χ1v) is 18.4. The monoisotopic (exact) mass is 683 g/mol. The van der Waals surface area contributed by atoms with Crippen LogP contribution < -0.4 is 10.4 Å². The van der Waals surface area contributed by atoms with Gasteiger partial charge in [-0.05, 0) is 69.6 Å². The van der Waals surface area contributed by atoms with Crippen LogP contribution in [-0.4, -0.2) is 15.0 Å². The molecule has 52 heavy (non-hydrogen) atoms. The van der Waals surface area contributed by atoms with E-state index in [1.54, 1.807) is 11.3 Å². The Morgan fingerprint density at radius 3 is 2.17 bits per heavy atom. The van der Waals surface area contributed by atoms with Crippen molar-refractivity contribution in [3.05, 3.63) is 162 Å². The molecule has 5 heteroatoms. The molecule has 0 aliphatic heterocycles. The van der Waals surface area contributed by atoms with Gasteiger partial charge in [0.2, 0.25) is 0 Å². The molecular formula is C47H29N3OS. The van der Waals surface area contributed by atoms with E-state index in [4.69, 9.17) is 19.4 Å². The Morgan fingerprint density at radius 2 is 1.25 bits per heavy atom. The first-order chi connectivity index (χ1) is 25.7. The highest BCUT2D eigenvalue weighted by Crippen LogP contribution is 2.42. The minimum atomic E-state index is 0.179. The third kappa shape index (κ3) is 4.70. The van der Waals surface area contributed by atoms with Gasteiger partial charge in [-0.25, -0.2) is 15.0 Å². The zero-order chi connectivity index (χ0) is 34.2. The maximum atomic E-state index is 6.60. The van der Waals surface area contributed by atoms with Crippen molar-refractivity contribution in [2.45, 2.75) is 12.3 Å². The van der Waals surface area contributed by atoms with Gasteiger partial charge >= 0.3 is 0 Å². The summed E-state index contributed by atoms with van der Waals surface area (Å²) in [4.78, 5) is 16.0. The quantitative estimate of drug-likeness (QED) is 0.185. The molecule has 3 heterocycles. The van der Waals surface area contributed by atoms with E-state index in [0.717, 1.165) is 50.4 Å². The summed E-state index contributed by atoms with van der Waals surface area (Å²) in [5, 5.41) is 9.29. The van der Waals surface area contributed by atoms with E-state index in [0.29, 0.717) is 17.5 Å². The highest BCUT2D eigenvalue weighted by Gasteiger charge is 2.23. The number of hydrogen-bond donors (Lipinski definition) is 0. The minimum Gasteiger partial charge on any atom is -0.456 e. The van der Waals surface area contributed by atoms with Crippen LogP contribution in [0.2, 0.25) is 0 Å². The molecule has 0 saturated carbocycles. The van der Waals surface area contributed by atoms with Crippen LogP contribution in [0.3, 0.4) is 0 Å². The number of benzene rings is 7.